The quantitative estimate of drug-likeness (QED) is 0.311. The molecule has 0 atom stereocenters. The van der Waals surface area contributed by atoms with Crippen LogP contribution in [0.3, 0.4) is 0 Å². The van der Waals surface area contributed by atoms with Crippen molar-refractivity contribution in [2.45, 2.75) is 64.2 Å². The van der Waals surface area contributed by atoms with Gasteiger partial charge in [-0.2, -0.15) is 0 Å². The average molecular weight is 457 g/mol. The van der Waals surface area contributed by atoms with Crippen molar-refractivity contribution in [3.8, 4) is 0 Å². The van der Waals surface area contributed by atoms with Crippen molar-refractivity contribution in [2.75, 3.05) is 0 Å². The van der Waals surface area contributed by atoms with E-state index in [2.05, 4.69) is 85.5 Å². The predicted octanol–water partition coefficient (Wildman–Crippen LogP) is 9.35. The van der Waals surface area contributed by atoms with E-state index in [-0.39, 0.29) is 0 Å². The second-order valence-electron chi connectivity index (χ2n) is 11.0. The lowest BCUT2D eigenvalue weighted by atomic mass is 9.84. The Morgan fingerprint density at radius 1 is 0.800 bits per heavy atom. The van der Waals surface area contributed by atoms with Gasteiger partial charge in [-0.1, -0.05) is 123 Å². The summed E-state index contributed by atoms with van der Waals surface area (Å²) in [7, 11) is 0. The van der Waals surface area contributed by atoms with Crippen LogP contribution in [0.4, 0.5) is 0 Å². The van der Waals surface area contributed by atoms with Crippen LogP contribution in [-0.2, 0) is 19.3 Å². The number of hydrogen-bond acceptors (Lipinski definition) is 0. The van der Waals surface area contributed by atoms with Crippen LogP contribution >= 0.6 is 0 Å². The normalized spacial score (nSPS) is 17.8. The minimum absolute atomic E-state index is 0.896. The lowest BCUT2D eigenvalue weighted by Crippen LogP contribution is -2.09. The summed E-state index contributed by atoms with van der Waals surface area (Å²) in [5.74, 6) is 0.896. The number of allylic oxidation sites excluding steroid dienone is 6. The first-order valence-electron chi connectivity index (χ1n) is 13.6. The van der Waals surface area contributed by atoms with Crippen LogP contribution in [0.5, 0.6) is 0 Å². The van der Waals surface area contributed by atoms with Gasteiger partial charge in [-0.15, -0.1) is 0 Å². The Hall–Kier alpha value is -3.12. The molecule has 0 spiro atoms. The van der Waals surface area contributed by atoms with Gasteiger partial charge in [-0.25, -0.2) is 0 Å². The first-order chi connectivity index (χ1) is 17.2. The summed E-state index contributed by atoms with van der Waals surface area (Å²) in [5, 5.41) is 2.62. The largest absolute Gasteiger partial charge is 0.0992 e. The Kier molecular flexibility index (Phi) is 6.30. The van der Waals surface area contributed by atoms with E-state index in [1.807, 2.05) is 0 Å². The van der Waals surface area contributed by atoms with Crippen molar-refractivity contribution in [2.24, 2.45) is 5.92 Å². The molecule has 0 N–H and O–H groups in total. The highest BCUT2D eigenvalue weighted by molar-refractivity contribution is 5.83. The van der Waals surface area contributed by atoms with Gasteiger partial charge in [0.1, 0.15) is 0 Å². The molecule has 0 unspecified atom stereocenters. The van der Waals surface area contributed by atoms with E-state index in [9.17, 15) is 0 Å². The monoisotopic (exact) mass is 456 g/mol. The highest BCUT2D eigenvalue weighted by Gasteiger charge is 2.22. The van der Waals surface area contributed by atoms with Crippen LogP contribution in [0.2, 0.25) is 0 Å². The Morgan fingerprint density at radius 2 is 1.63 bits per heavy atom. The fourth-order valence-electron chi connectivity index (χ4n) is 6.44. The molecular formula is C35H36. The van der Waals surface area contributed by atoms with Gasteiger partial charge in [0.05, 0.1) is 0 Å². The molecular weight excluding hydrogens is 420 g/mol. The van der Waals surface area contributed by atoms with Gasteiger partial charge in [0.15, 0.2) is 0 Å². The summed E-state index contributed by atoms with van der Waals surface area (Å²) < 4.78 is 0. The van der Waals surface area contributed by atoms with Gasteiger partial charge in [-0.3, -0.25) is 0 Å². The van der Waals surface area contributed by atoms with Crippen molar-refractivity contribution in [3.63, 3.8) is 0 Å². The highest BCUT2D eigenvalue weighted by atomic mass is 14.3. The molecule has 6 rings (SSSR count). The second kappa shape index (κ2) is 9.86. The van der Waals surface area contributed by atoms with Crippen LogP contribution in [0.1, 0.15) is 67.2 Å². The van der Waals surface area contributed by atoms with E-state index in [4.69, 9.17) is 0 Å². The Balaban J connectivity index is 1.12. The molecule has 1 saturated carbocycles. The SMILES string of the molecule is C=C(CC1=CCC=C1C1=Cc2cc(CC3CCCCC3)ccc2C1)Cc1ccc2ccccc2c1. The molecule has 0 radical (unpaired) electrons. The highest BCUT2D eigenvalue weighted by Crippen LogP contribution is 2.38. The third-order valence-electron chi connectivity index (χ3n) is 8.26. The summed E-state index contributed by atoms with van der Waals surface area (Å²) >= 11 is 0. The zero-order chi connectivity index (χ0) is 23.6. The molecule has 0 aromatic heterocycles. The van der Waals surface area contributed by atoms with Crippen LogP contribution in [-0.4, -0.2) is 0 Å². The Labute approximate surface area is 210 Å². The van der Waals surface area contributed by atoms with Gasteiger partial charge in [0.25, 0.3) is 0 Å². The van der Waals surface area contributed by atoms with Crippen molar-refractivity contribution in [1.82, 2.24) is 0 Å². The van der Waals surface area contributed by atoms with E-state index in [0.29, 0.717) is 0 Å². The molecule has 3 aromatic carbocycles. The van der Waals surface area contributed by atoms with Gasteiger partial charge in [0, 0.05) is 0 Å². The van der Waals surface area contributed by atoms with Crippen LogP contribution < -0.4 is 0 Å². The van der Waals surface area contributed by atoms with Crippen molar-refractivity contribution >= 4 is 16.8 Å². The minimum atomic E-state index is 0.896. The first-order valence-corrected chi connectivity index (χ1v) is 13.6. The fraction of sp³-hybridized carbons (Fsp3) is 0.314. The van der Waals surface area contributed by atoms with Gasteiger partial charge < -0.3 is 0 Å². The summed E-state index contributed by atoms with van der Waals surface area (Å²) in [6.07, 6.45) is 19.7. The summed E-state index contributed by atoms with van der Waals surface area (Å²) in [4.78, 5) is 0. The summed E-state index contributed by atoms with van der Waals surface area (Å²) in [5.41, 5.74) is 11.6. The molecule has 0 heteroatoms. The number of benzene rings is 3. The number of rotatable bonds is 7. The molecule has 0 bridgehead atoms. The maximum Gasteiger partial charge on any atom is -0.00137 e. The molecule has 0 aliphatic heterocycles. The molecule has 0 heterocycles. The molecule has 35 heavy (non-hydrogen) atoms. The maximum atomic E-state index is 4.47. The molecule has 3 aliphatic carbocycles. The van der Waals surface area contributed by atoms with Crippen molar-refractivity contribution < 1.29 is 0 Å². The summed E-state index contributed by atoms with van der Waals surface area (Å²) in [6.45, 7) is 4.47. The predicted molar refractivity (Wildman–Crippen MR) is 151 cm³/mol. The fourth-order valence-corrected chi connectivity index (χ4v) is 6.44. The van der Waals surface area contributed by atoms with Crippen LogP contribution in [0.15, 0.2) is 102 Å². The van der Waals surface area contributed by atoms with E-state index in [1.165, 1.54) is 93.8 Å². The second-order valence-corrected chi connectivity index (χ2v) is 11.0. The smallest absolute Gasteiger partial charge is 0.00137 e. The maximum absolute atomic E-state index is 4.47. The van der Waals surface area contributed by atoms with Crippen molar-refractivity contribution in [1.29, 1.82) is 0 Å². The van der Waals surface area contributed by atoms with E-state index < -0.39 is 0 Å². The molecule has 176 valence electrons. The van der Waals surface area contributed by atoms with E-state index in [1.54, 1.807) is 0 Å². The Bertz CT molecular complexity index is 1350. The first kappa shape index (κ1) is 22.4. The van der Waals surface area contributed by atoms with Gasteiger partial charge >= 0.3 is 0 Å². The van der Waals surface area contributed by atoms with Gasteiger partial charge in [0.2, 0.25) is 0 Å². The molecule has 1 fully saturated rings. The summed E-state index contributed by atoms with van der Waals surface area (Å²) in [6, 6.07) is 22.7. The average Bonchev–Trinajstić information content (AvgIpc) is 3.51. The molecule has 0 amide bonds. The number of fused-ring (bicyclic) bond motifs is 2. The molecule has 3 aromatic rings. The van der Waals surface area contributed by atoms with E-state index in [0.717, 1.165) is 31.6 Å². The zero-order valence-corrected chi connectivity index (χ0v) is 20.9. The van der Waals surface area contributed by atoms with Crippen molar-refractivity contribution in [3.05, 3.63) is 124 Å². The van der Waals surface area contributed by atoms with Crippen LogP contribution in [0.25, 0.3) is 16.8 Å². The Morgan fingerprint density at radius 3 is 2.51 bits per heavy atom. The minimum Gasteiger partial charge on any atom is -0.0992 e. The standard InChI is InChI=1S/C35H36/c1-25(18-27-14-16-29-10-5-6-11-30(29)21-27)19-32-12-7-13-35(32)34-23-31-17-15-28(22-33(31)24-34)20-26-8-3-2-4-9-26/h5-6,10-17,21-22,24,26H,1-4,7-9,18-20,23H2. The molecule has 0 saturated heterocycles. The van der Waals surface area contributed by atoms with Gasteiger partial charge in [-0.05, 0) is 87.8 Å². The third kappa shape index (κ3) is 4.98. The van der Waals surface area contributed by atoms with E-state index >= 15 is 0 Å². The lowest BCUT2D eigenvalue weighted by Gasteiger charge is -2.21. The third-order valence-corrected chi connectivity index (χ3v) is 8.26. The molecule has 3 aliphatic rings. The zero-order valence-electron chi connectivity index (χ0n) is 20.9. The lowest BCUT2D eigenvalue weighted by molar-refractivity contribution is 0.356. The van der Waals surface area contributed by atoms with Crippen LogP contribution in [0, 0.1) is 5.92 Å². The number of hydrogen-bond donors (Lipinski definition) is 0. The topological polar surface area (TPSA) is 0 Å². The molecule has 0 nitrogen and oxygen atoms in total.